The predicted octanol–water partition coefficient (Wildman–Crippen LogP) is 2.89. The monoisotopic (exact) mass is 326 g/mol. The van der Waals surface area contributed by atoms with Crippen LogP contribution >= 0.6 is 0 Å². The van der Waals surface area contributed by atoms with E-state index in [1.165, 1.54) is 0 Å². The molecule has 5 nitrogen and oxygen atoms in total. The highest BCUT2D eigenvalue weighted by molar-refractivity contribution is 5.95. The van der Waals surface area contributed by atoms with Gasteiger partial charge in [0.15, 0.2) is 0 Å². The molecule has 0 saturated carbocycles. The van der Waals surface area contributed by atoms with Crippen molar-refractivity contribution in [2.45, 2.75) is 19.8 Å². The number of aromatic nitrogens is 1. The minimum Gasteiger partial charge on any atom is -0.466 e. The van der Waals surface area contributed by atoms with Crippen LogP contribution in [0.25, 0.3) is 5.69 Å². The van der Waals surface area contributed by atoms with Crippen LogP contribution in [0.4, 0.5) is 0 Å². The summed E-state index contributed by atoms with van der Waals surface area (Å²) < 4.78 is 7.07. The van der Waals surface area contributed by atoms with Crippen LogP contribution in [0, 0.1) is 5.92 Å². The molecule has 1 fully saturated rings. The maximum absolute atomic E-state index is 12.8. The second-order valence-electron chi connectivity index (χ2n) is 5.98. The smallest absolute Gasteiger partial charge is 0.310 e. The minimum absolute atomic E-state index is 0.0296. The molecule has 1 saturated heterocycles. The summed E-state index contributed by atoms with van der Waals surface area (Å²) in [6.45, 7) is 3.30. The Bertz CT molecular complexity index is 709. The van der Waals surface area contributed by atoms with E-state index in [0.29, 0.717) is 25.3 Å². The van der Waals surface area contributed by atoms with Gasteiger partial charge in [-0.15, -0.1) is 0 Å². The number of ether oxygens (including phenoxy) is 1. The second kappa shape index (κ2) is 7.34. The van der Waals surface area contributed by atoms with Crippen LogP contribution < -0.4 is 0 Å². The van der Waals surface area contributed by atoms with Crippen molar-refractivity contribution in [3.05, 3.63) is 54.4 Å². The number of rotatable bonds is 4. The number of likely N-dealkylation sites (tertiary alicyclic amines) is 1. The van der Waals surface area contributed by atoms with Gasteiger partial charge < -0.3 is 14.2 Å². The molecule has 0 aliphatic carbocycles. The summed E-state index contributed by atoms with van der Waals surface area (Å²) in [7, 11) is 0. The molecular formula is C19H22N2O3. The van der Waals surface area contributed by atoms with Crippen LogP contribution in [0.2, 0.25) is 0 Å². The Morgan fingerprint density at radius 3 is 2.75 bits per heavy atom. The molecule has 0 radical (unpaired) electrons. The summed E-state index contributed by atoms with van der Waals surface area (Å²) in [5, 5.41) is 0. The van der Waals surface area contributed by atoms with E-state index in [4.69, 9.17) is 4.74 Å². The zero-order valence-electron chi connectivity index (χ0n) is 13.9. The quantitative estimate of drug-likeness (QED) is 0.812. The molecule has 2 heterocycles. The zero-order valence-corrected chi connectivity index (χ0v) is 13.9. The fraction of sp³-hybridized carbons (Fsp3) is 0.368. The number of piperidine rings is 1. The molecule has 126 valence electrons. The van der Waals surface area contributed by atoms with Crippen molar-refractivity contribution in [3.8, 4) is 5.69 Å². The third-order valence-corrected chi connectivity index (χ3v) is 4.32. The fourth-order valence-electron chi connectivity index (χ4n) is 3.10. The summed E-state index contributed by atoms with van der Waals surface area (Å²) in [6, 6.07) is 11.5. The highest BCUT2D eigenvalue weighted by atomic mass is 16.5. The minimum atomic E-state index is -0.213. The molecule has 1 amide bonds. The van der Waals surface area contributed by atoms with Crippen molar-refractivity contribution >= 4 is 11.9 Å². The number of carbonyl (C=O) groups is 2. The first-order valence-electron chi connectivity index (χ1n) is 8.38. The van der Waals surface area contributed by atoms with E-state index in [1.807, 2.05) is 53.4 Å². The molecule has 2 aromatic rings. The van der Waals surface area contributed by atoms with Gasteiger partial charge >= 0.3 is 5.97 Å². The number of carbonyl (C=O) groups excluding carboxylic acids is 2. The van der Waals surface area contributed by atoms with E-state index in [-0.39, 0.29) is 17.8 Å². The molecule has 24 heavy (non-hydrogen) atoms. The fourth-order valence-corrected chi connectivity index (χ4v) is 3.10. The van der Waals surface area contributed by atoms with Gasteiger partial charge in [0.25, 0.3) is 5.91 Å². The van der Waals surface area contributed by atoms with Gasteiger partial charge in [-0.25, -0.2) is 0 Å². The van der Waals surface area contributed by atoms with E-state index in [1.54, 1.807) is 11.8 Å². The van der Waals surface area contributed by atoms with Gasteiger partial charge in [0, 0.05) is 36.7 Å². The van der Waals surface area contributed by atoms with Crippen LogP contribution in [-0.4, -0.2) is 41.0 Å². The van der Waals surface area contributed by atoms with Crippen LogP contribution in [0.3, 0.4) is 0 Å². The molecule has 5 heteroatoms. The number of esters is 1. The van der Waals surface area contributed by atoms with Crippen molar-refractivity contribution in [3.63, 3.8) is 0 Å². The van der Waals surface area contributed by atoms with Gasteiger partial charge in [0.1, 0.15) is 0 Å². The topological polar surface area (TPSA) is 51.5 Å². The molecular weight excluding hydrogens is 304 g/mol. The lowest BCUT2D eigenvalue weighted by Crippen LogP contribution is -2.42. The maximum Gasteiger partial charge on any atom is 0.310 e. The molecule has 1 aromatic heterocycles. The Morgan fingerprint density at radius 1 is 1.21 bits per heavy atom. The highest BCUT2D eigenvalue weighted by Gasteiger charge is 2.29. The Kier molecular flexibility index (Phi) is 4.99. The first-order valence-corrected chi connectivity index (χ1v) is 8.38. The molecule has 3 rings (SSSR count). The number of benzene rings is 1. The van der Waals surface area contributed by atoms with E-state index >= 15 is 0 Å². The molecule has 1 aliphatic heterocycles. The third kappa shape index (κ3) is 3.50. The molecule has 1 aromatic carbocycles. The summed E-state index contributed by atoms with van der Waals surface area (Å²) in [4.78, 5) is 26.5. The van der Waals surface area contributed by atoms with Gasteiger partial charge in [0.2, 0.25) is 0 Å². The normalized spacial score (nSPS) is 17.5. The largest absolute Gasteiger partial charge is 0.466 e. The average molecular weight is 326 g/mol. The Labute approximate surface area is 141 Å². The van der Waals surface area contributed by atoms with E-state index in [2.05, 4.69) is 0 Å². The first-order chi connectivity index (χ1) is 11.7. The van der Waals surface area contributed by atoms with Crippen LogP contribution in [0.1, 0.15) is 30.1 Å². The molecule has 0 spiro atoms. The predicted molar refractivity (Wildman–Crippen MR) is 91.0 cm³/mol. The van der Waals surface area contributed by atoms with Crippen LogP contribution in [-0.2, 0) is 9.53 Å². The highest BCUT2D eigenvalue weighted by Crippen LogP contribution is 2.21. The van der Waals surface area contributed by atoms with Crippen LogP contribution in [0.5, 0.6) is 0 Å². The first kappa shape index (κ1) is 16.3. The van der Waals surface area contributed by atoms with Crippen molar-refractivity contribution < 1.29 is 14.3 Å². The Hall–Kier alpha value is -2.56. The van der Waals surface area contributed by atoms with Crippen molar-refractivity contribution in [2.75, 3.05) is 19.7 Å². The number of nitrogens with zero attached hydrogens (tertiary/aromatic N) is 2. The molecule has 1 atom stereocenters. The van der Waals surface area contributed by atoms with E-state index < -0.39 is 0 Å². The molecule has 0 N–H and O–H groups in total. The second-order valence-corrected chi connectivity index (χ2v) is 5.98. The summed E-state index contributed by atoms with van der Waals surface area (Å²) in [6.07, 6.45) is 5.50. The molecule has 0 unspecified atom stereocenters. The van der Waals surface area contributed by atoms with Crippen molar-refractivity contribution in [1.29, 1.82) is 0 Å². The van der Waals surface area contributed by atoms with Gasteiger partial charge in [-0.2, -0.15) is 0 Å². The Balaban J connectivity index is 1.74. The lowest BCUT2D eigenvalue weighted by Gasteiger charge is -2.31. The number of amides is 1. The number of hydrogen-bond acceptors (Lipinski definition) is 3. The van der Waals surface area contributed by atoms with Gasteiger partial charge in [0.05, 0.1) is 12.5 Å². The maximum atomic E-state index is 12.8. The standard InChI is InChI=1S/C19H22N2O3/c1-2-24-19(23)16-8-6-12-21(14-16)18(22)15-7-5-9-17(13-15)20-10-3-4-11-20/h3-5,7,9-11,13,16H,2,6,8,12,14H2,1H3/t16-/m1/s1. The average Bonchev–Trinajstić information content (AvgIpc) is 3.16. The zero-order chi connectivity index (χ0) is 16.9. The molecule has 0 bridgehead atoms. The Morgan fingerprint density at radius 2 is 2.00 bits per heavy atom. The third-order valence-electron chi connectivity index (χ3n) is 4.32. The van der Waals surface area contributed by atoms with Crippen molar-refractivity contribution in [2.24, 2.45) is 5.92 Å². The lowest BCUT2D eigenvalue weighted by molar-refractivity contribution is -0.149. The molecule has 1 aliphatic rings. The SMILES string of the molecule is CCOC(=O)[C@@H]1CCCN(C(=O)c2cccc(-n3cccc3)c2)C1. The van der Waals surface area contributed by atoms with Crippen LogP contribution in [0.15, 0.2) is 48.8 Å². The van der Waals surface area contributed by atoms with Crippen molar-refractivity contribution in [1.82, 2.24) is 9.47 Å². The summed E-state index contributed by atoms with van der Waals surface area (Å²) >= 11 is 0. The van der Waals surface area contributed by atoms with Gasteiger partial charge in [-0.05, 0) is 50.1 Å². The summed E-state index contributed by atoms with van der Waals surface area (Å²) in [5.41, 5.74) is 1.59. The lowest BCUT2D eigenvalue weighted by atomic mass is 9.97. The summed E-state index contributed by atoms with van der Waals surface area (Å²) in [5.74, 6) is -0.440. The van der Waals surface area contributed by atoms with Gasteiger partial charge in [-0.3, -0.25) is 9.59 Å². The van der Waals surface area contributed by atoms with Gasteiger partial charge in [-0.1, -0.05) is 6.07 Å². The number of hydrogen-bond donors (Lipinski definition) is 0. The van der Waals surface area contributed by atoms with E-state index in [9.17, 15) is 9.59 Å². The van der Waals surface area contributed by atoms with E-state index in [0.717, 1.165) is 18.5 Å².